The number of hydrogen-bond donors (Lipinski definition) is 2. The number of benzene rings is 1. The quantitative estimate of drug-likeness (QED) is 0.847. The summed E-state index contributed by atoms with van der Waals surface area (Å²) in [6.45, 7) is -1.12. The summed E-state index contributed by atoms with van der Waals surface area (Å²) in [6.07, 6.45) is 3.19. The number of nitrogens with two attached hydrogens (primary N) is 1. The molecule has 3 rings (SSSR count). The third kappa shape index (κ3) is 3.64. The molecule has 2 aliphatic rings. The van der Waals surface area contributed by atoms with Crippen LogP contribution in [0, 0.1) is 17.8 Å². The van der Waals surface area contributed by atoms with E-state index in [4.69, 9.17) is 5.73 Å². The molecule has 24 heavy (non-hydrogen) atoms. The first kappa shape index (κ1) is 18.9. The SMILES string of the molecule is CC(NC(=O)C1C2CCC(C2)C1N)c1ccccc1OC(F)F.Cl. The zero-order chi connectivity index (χ0) is 16.6. The highest BCUT2D eigenvalue weighted by Gasteiger charge is 2.49. The van der Waals surface area contributed by atoms with Crippen molar-refractivity contribution < 1.29 is 18.3 Å². The summed E-state index contributed by atoms with van der Waals surface area (Å²) in [5.41, 5.74) is 6.73. The van der Waals surface area contributed by atoms with E-state index in [1.807, 2.05) is 0 Å². The predicted molar refractivity (Wildman–Crippen MR) is 89.2 cm³/mol. The van der Waals surface area contributed by atoms with E-state index >= 15 is 0 Å². The fraction of sp³-hybridized carbons (Fsp3) is 0.588. The normalized spacial score (nSPS) is 29.2. The van der Waals surface area contributed by atoms with Gasteiger partial charge in [-0.15, -0.1) is 12.4 Å². The third-order valence-electron chi connectivity index (χ3n) is 5.24. The van der Waals surface area contributed by atoms with Crippen molar-refractivity contribution in [3.63, 3.8) is 0 Å². The van der Waals surface area contributed by atoms with Crippen LogP contribution in [-0.4, -0.2) is 18.6 Å². The van der Waals surface area contributed by atoms with Crippen LogP contribution in [0.2, 0.25) is 0 Å². The third-order valence-corrected chi connectivity index (χ3v) is 5.24. The molecule has 2 bridgehead atoms. The molecule has 1 aromatic carbocycles. The lowest BCUT2D eigenvalue weighted by atomic mass is 9.84. The summed E-state index contributed by atoms with van der Waals surface area (Å²) in [6, 6.07) is 6.02. The molecular formula is C17H23ClF2N2O2. The van der Waals surface area contributed by atoms with Gasteiger partial charge in [0.2, 0.25) is 5.91 Å². The van der Waals surface area contributed by atoms with E-state index in [-0.39, 0.29) is 36.0 Å². The highest BCUT2D eigenvalue weighted by molar-refractivity contribution is 5.85. The molecular weight excluding hydrogens is 338 g/mol. The maximum Gasteiger partial charge on any atom is 0.387 e. The number of hydrogen-bond acceptors (Lipinski definition) is 3. The number of fused-ring (bicyclic) bond motifs is 2. The second kappa shape index (κ2) is 7.66. The first-order chi connectivity index (χ1) is 11.0. The molecule has 5 unspecified atom stereocenters. The minimum atomic E-state index is -2.89. The number of carbonyl (C=O) groups excluding carboxylic acids is 1. The van der Waals surface area contributed by atoms with Crippen molar-refractivity contribution in [1.29, 1.82) is 0 Å². The summed E-state index contributed by atoms with van der Waals surface area (Å²) in [4.78, 5) is 12.6. The lowest BCUT2D eigenvalue weighted by Gasteiger charge is -2.28. The molecule has 0 radical (unpaired) electrons. The van der Waals surface area contributed by atoms with Gasteiger partial charge in [-0.2, -0.15) is 8.78 Å². The maximum atomic E-state index is 12.6. The van der Waals surface area contributed by atoms with Crippen molar-refractivity contribution in [2.75, 3.05) is 0 Å². The highest BCUT2D eigenvalue weighted by atomic mass is 35.5. The Morgan fingerprint density at radius 2 is 1.96 bits per heavy atom. The van der Waals surface area contributed by atoms with Gasteiger partial charge in [0.1, 0.15) is 5.75 Å². The number of alkyl halides is 2. The minimum Gasteiger partial charge on any atom is -0.434 e. The average molecular weight is 361 g/mol. The average Bonchev–Trinajstić information content (AvgIpc) is 3.07. The minimum absolute atomic E-state index is 0. The largest absolute Gasteiger partial charge is 0.434 e. The number of ether oxygens (including phenoxy) is 1. The van der Waals surface area contributed by atoms with Gasteiger partial charge in [0.25, 0.3) is 0 Å². The summed E-state index contributed by atoms with van der Waals surface area (Å²) in [7, 11) is 0. The summed E-state index contributed by atoms with van der Waals surface area (Å²) >= 11 is 0. The monoisotopic (exact) mass is 360 g/mol. The van der Waals surface area contributed by atoms with Crippen LogP contribution in [-0.2, 0) is 4.79 Å². The van der Waals surface area contributed by atoms with Crippen LogP contribution in [0.25, 0.3) is 0 Å². The Kier molecular flexibility index (Phi) is 6.04. The van der Waals surface area contributed by atoms with Crippen molar-refractivity contribution in [3.8, 4) is 5.75 Å². The van der Waals surface area contributed by atoms with Crippen LogP contribution >= 0.6 is 12.4 Å². The molecule has 2 saturated carbocycles. The van der Waals surface area contributed by atoms with E-state index in [1.54, 1.807) is 25.1 Å². The molecule has 0 aromatic heterocycles. The molecule has 4 nitrogen and oxygen atoms in total. The molecule has 0 spiro atoms. The first-order valence-corrected chi connectivity index (χ1v) is 8.07. The lowest BCUT2D eigenvalue weighted by molar-refractivity contribution is -0.127. The Labute approximate surface area is 146 Å². The molecule has 7 heteroatoms. The fourth-order valence-corrected chi connectivity index (χ4v) is 4.15. The van der Waals surface area contributed by atoms with Crippen LogP contribution in [0.3, 0.4) is 0 Å². The van der Waals surface area contributed by atoms with Crippen molar-refractivity contribution in [2.45, 2.75) is 44.9 Å². The van der Waals surface area contributed by atoms with Gasteiger partial charge in [0, 0.05) is 11.6 Å². The van der Waals surface area contributed by atoms with E-state index in [9.17, 15) is 13.6 Å². The molecule has 0 aliphatic heterocycles. The van der Waals surface area contributed by atoms with Gasteiger partial charge in [-0.3, -0.25) is 4.79 Å². The van der Waals surface area contributed by atoms with E-state index in [0.717, 1.165) is 19.3 Å². The molecule has 2 fully saturated rings. The molecule has 1 aromatic rings. The number of para-hydroxylation sites is 1. The van der Waals surface area contributed by atoms with E-state index in [0.29, 0.717) is 17.4 Å². The van der Waals surface area contributed by atoms with Gasteiger partial charge in [-0.1, -0.05) is 18.2 Å². The number of nitrogens with one attached hydrogen (secondary N) is 1. The van der Waals surface area contributed by atoms with Gasteiger partial charge in [0.05, 0.1) is 12.0 Å². The molecule has 0 saturated heterocycles. The summed E-state index contributed by atoms with van der Waals surface area (Å²) < 4.78 is 29.5. The Hall–Kier alpha value is -1.40. The molecule has 0 heterocycles. The zero-order valence-electron chi connectivity index (χ0n) is 13.5. The molecule has 3 N–H and O–H groups in total. The molecule has 134 valence electrons. The number of halogens is 3. The summed E-state index contributed by atoms with van der Waals surface area (Å²) in [5.74, 6) is 0.645. The lowest BCUT2D eigenvalue weighted by Crippen LogP contribution is -2.45. The van der Waals surface area contributed by atoms with Crippen molar-refractivity contribution >= 4 is 18.3 Å². The van der Waals surface area contributed by atoms with Gasteiger partial charge >= 0.3 is 6.61 Å². The molecule has 2 aliphatic carbocycles. The van der Waals surface area contributed by atoms with Crippen molar-refractivity contribution in [3.05, 3.63) is 29.8 Å². The Morgan fingerprint density at radius 3 is 2.58 bits per heavy atom. The number of rotatable bonds is 5. The van der Waals surface area contributed by atoms with Crippen molar-refractivity contribution in [2.24, 2.45) is 23.5 Å². The van der Waals surface area contributed by atoms with Crippen LogP contribution in [0.1, 0.15) is 37.8 Å². The van der Waals surface area contributed by atoms with E-state index in [1.165, 1.54) is 6.07 Å². The van der Waals surface area contributed by atoms with Gasteiger partial charge < -0.3 is 15.8 Å². The number of amides is 1. The predicted octanol–water partition coefficient (Wildman–Crippen LogP) is 3.26. The maximum absolute atomic E-state index is 12.6. The fourth-order valence-electron chi connectivity index (χ4n) is 4.15. The van der Waals surface area contributed by atoms with Crippen LogP contribution in [0.15, 0.2) is 24.3 Å². The first-order valence-electron chi connectivity index (χ1n) is 8.07. The number of carbonyl (C=O) groups is 1. The van der Waals surface area contributed by atoms with Crippen molar-refractivity contribution in [1.82, 2.24) is 5.32 Å². The zero-order valence-corrected chi connectivity index (χ0v) is 14.3. The van der Waals surface area contributed by atoms with Crippen LogP contribution in [0.4, 0.5) is 8.78 Å². The second-order valence-electron chi connectivity index (χ2n) is 6.58. The molecule has 5 atom stereocenters. The van der Waals surface area contributed by atoms with Gasteiger partial charge in [0.15, 0.2) is 0 Å². The van der Waals surface area contributed by atoms with Crippen LogP contribution in [0.5, 0.6) is 5.75 Å². The smallest absolute Gasteiger partial charge is 0.387 e. The van der Waals surface area contributed by atoms with Crippen LogP contribution < -0.4 is 15.8 Å². The Balaban J connectivity index is 0.00000208. The molecule has 1 amide bonds. The Morgan fingerprint density at radius 1 is 1.29 bits per heavy atom. The van der Waals surface area contributed by atoms with Gasteiger partial charge in [-0.25, -0.2) is 0 Å². The highest BCUT2D eigenvalue weighted by Crippen LogP contribution is 2.47. The van der Waals surface area contributed by atoms with E-state index < -0.39 is 12.7 Å². The summed E-state index contributed by atoms with van der Waals surface area (Å²) in [5, 5.41) is 2.92. The topological polar surface area (TPSA) is 64.4 Å². The van der Waals surface area contributed by atoms with E-state index in [2.05, 4.69) is 10.1 Å². The standard InChI is InChI=1S/C17H22F2N2O2.ClH/c1-9(12-4-2-3-5-13(12)23-17(18)19)21-16(22)14-10-6-7-11(8-10)15(14)20;/h2-5,9-11,14-15,17H,6-8,20H2,1H3,(H,21,22);1H. The second-order valence-corrected chi connectivity index (χ2v) is 6.58. The van der Waals surface area contributed by atoms with Gasteiger partial charge in [-0.05, 0) is 44.1 Å². The Bertz CT molecular complexity index is 585.